The lowest BCUT2D eigenvalue weighted by Crippen LogP contribution is -2.15. The topological polar surface area (TPSA) is 72.2 Å². The van der Waals surface area contributed by atoms with E-state index in [1.807, 2.05) is 0 Å². The van der Waals surface area contributed by atoms with Gasteiger partial charge >= 0.3 is 0 Å². The minimum Gasteiger partial charge on any atom is -0.399 e. The van der Waals surface area contributed by atoms with E-state index in [4.69, 9.17) is 5.73 Å². The first-order valence-corrected chi connectivity index (χ1v) is 7.60. The Hall–Kier alpha value is -1.67. The van der Waals surface area contributed by atoms with Crippen molar-refractivity contribution in [3.05, 3.63) is 52.5 Å². The van der Waals surface area contributed by atoms with E-state index in [1.54, 1.807) is 0 Å². The lowest BCUT2D eigenvalue weighted by atomic mass is 10.3. The molecule has 8 heteroatoms. The number of sulfonamides is 1. The van der Waals surface area contributed by atoms with Gasteiger partial charge in [-0.05, 0) is 46.3 Å². The molecule has 0 aliphatic rings. The molecule has 0 fully saturated rings. The number of nitrogens with one attached hydrogen (secondary N) is 1. The highest BCUT2D eigenvalue weighted by atomic mass is 79.9. The van der Waals surface area contributed by atoms with Gasteiger partial charge in [-0.25, -0.2) is 17.2 Å². The molecule has 0 aliphatic heterocycles. The summed E-state index contributed by atoms with van der Waals surface area (Å²) in [6, 6.07) is 6.65. The Morgan fingerprint density at radius 3 is 2.40 bits per heavy atom. The van der Waals surface area contributed by atoms with E-state index in [0.29, 0.717) is 16.2 Å². The maximum Gasteiger partial charge on any atom is 0.264 e. The average molecular weight is 363 g/mol. The summed E-state index contributed by atoms with van der Waals surface area (Å²) in [4.78, 5) is -0.636. The predicted octanol–water partition coefficient (Wildman–Crippen LogP) is 3.11. The van der Waals surface area contributed by atoms with Crippen molar-refractivity contribution < 1.29 is 17.2 Å². The highest BCUT2D eigenvalue weighted by molar-refractivity contribution is 9.10. The van der Waals surface area contributed by atoms with E-state index in [0.717, 1.165) is 12.1 Å². The molecule has 4 nitrogen and oxygen atoms in total. The molecule has 0 bridgehead atoms. The van der Waals surface area contributed by atoms with Gasteiger partial charge in [0.2, 0.25) is 0 Å². The monoisotopic (exact) mass is 362 g/mol. The Kier molecular flexibility index (Phi) is 3.96. The van der Waals surface area contributed by atoms with Crippen molar-refractivity contribution in [1.29, 1.82) is 0 Å². The van der Waals surface area contributed by atoms with Gasteiger partial charge in [0, 0.05) is 16.2 Å². The lowest BCUT2D eigenvalue weighted by Gasteiger charge is -2.10. The van der Waals surface area contributed by atoms with Crippen LogP contribution in [0.25, 0.3) is 0 Å². The first-order chi connectivity index (χ1) is 9.29. The second kappa shape index (κ2) is 5.37. The van der Waals surface area contributed by atoms with Crippen molar-refractivity contribution in [2.45, 2.75) is 4.90 Å². The largest absolute Gasteiger partial charge is 0.399 e. The average Bonchev–Trinajstić information content (AvgIpc) is 2.32. The zero-order chi connectivity index (χ0) is 14.9. The van der Waals surface area contributed by atoms with Crippen LogP contribution in [0.15, 0.2) is 45.8 Å². The zero-order valence-electron chi connectivity index (χ0n) is 9.90. The van der Waals surface area contributed by atoms with Crippen LogP contribution in [-0.4, -0.2) is 8.42 Å². The quantitative estimate of drug-likeness (QED) is 0.824. The van der Waals surface area contributed by atoms with Gasteiger partial charge in [0.05, 0.1) is 5.69 Å². The van der Waals surface area contributed by atoms with Crippen LogP contribution in [0.2, 0.25) is 0 Å². The third-order valence-electron chi connectivity index (χ3n) is 2.42. The number of halogens is 3. The van der Waals surface area contributed by atoms with Gasteiger partial charge in [-0.1, -0.05) is 0 Å². The lowest BCUT2D eigenvalue weighted by molar-refractivity contribution is 0.551. The summed E-state index contributed by atoms with van der Waals surface area (Å²) in [5.74, 6) is -2.01. The first kappa shape index (κ1) is 14.7. The van der Waals surface area contributed by atoms with Crippen LogP contribution in [0.3, 0.4) is 0 Å². The summed E-state index contributed by atoms with van der Waals surface area (Å²) in [5.41, 5.74) is 6.17. The Bertz CT molecular complexity index is 766. The van der Waals surface area contributed by atoms with Gasteiger partial charge < -0.3 is 5.73 Å². The van der Waals surface area contributed by atoms with Crippen LogP contribution in [0.4, 0.5) is 20.2 Å². The van der Waals surface area contributed by atoms with Gasteiger partial charge in [0.25, 0.3) is 10.0 Å². The fourth-order valence-electron chi connectivity index (χ4n) is 1.51. The van der Waals surface area contributed by atoms with Crippen LogP contribution >= 0.6 is 15.9 Å². The maximum absolute atomic E-state index is 13.5. The maximum atomic E-state index is 13.5. The molecular weight excluding hydrogens is 354 g/mol. The van der Waals surface area contributed by atoms with Crippen LogP contribution in [0.1, 0.15) is 0 Å². The van der Waals surface area contributed by atoms with Crippen LogP contribution < -0.4 is 10.5 Å². The van der Waals surface area contributed by atoms with Gasteiger partial charge in [-0.3, -0.25) is 4.72 Å². The fourth-order valence-corrected chi connectivity index (χ4v) is 3.27. The molecule has 0 heterocycles. The first-order valence-electron chi connectivity index (χ1n) is 5.32. The minimum absolute atomic E-state index is 0.197. The van der Waals surface area contributed by atoms with Gasteiger partial charge in [0.1, 0.15) is 16.5 Å². The molecule has 2 aromatic rings. The number of benzene rings is 2. The normalized spacial score (nSPS) is 11.3. The molecule has 20 heavy (non-hydrogen) atoms. The summed E-state index contributed by atoms with van der Waals surface area (Å²) in [6.45, 7) is 0. The van der Waals surface area contributed by atoms with E-state index >= 15 is 0 Å². The third-order valence-corrected chi connectivity index (χ3v) is 4.48. The van der Waals surface area contributed by atoms with Gasteiger partial charge in [-0.2, -0.15) is 0 Å². The van der Waals surface area contributed by atoms with Crippen molar-refractivity contribution in [2.75, 3.05) is 10.5 Å². The van der Waals surface area contributed by atoms with E-state index in [-0.39, 0.29) is 5.69 Å². The molecule has 0 aromatic heterocycles. The Balaban J connectivity index is 2.41. The Morgan fingerprint density at radius 2 is 1.80 bits per heavy atom. The molecule has 2 rings (SSSR count). The highest BCUT2D eigenvalue weighted by Gasteiger charge is 2.20. The number of rotatable bonds is 3. The van der Waals surface area contributed by atoms with Crippen LogP contribution in [0.5, 0.6) is 0 Å². The molecular formula is C12H9BrF2N2O2S. The van der Waals surface area contributed by atoms with Gasteiger partial charge in [0.15, 0.2) is 0 Å². The second-order valence-corrected chi connectivity index (χ2v) is 6.42. The van der Waals surface area contributed by atoms with Crippen LogP contribution in [-0.2, 0) is 10.0 Å². The smallest absolute Gasteiger partial charge is 0.264 e. The highest BCUT2D eigenvalue weighted by Crippen LogP contribution is 2.27. The number of hydrogen-bond acceptors (Lipinski definition) is 3. The molecule has 0 spiro atoms. The molecule has 0 aliphatic carbocycles. The Morgan fingerprint density at radius 1 is 1.10 bits per heavy atom. The summed E-state index contributed by atoms with van der Waals surface area (Å²) in [6.07, 6.45) is 0. The van der Waals surface area contributed by atoms with E-state index in [9.17, 15) is 17.2 Å². The van der Waals surface area contributed by atoms with Crippen molar-refractivity contribution in [2.24, 2.45) is 0 Å². The van der Waals surface area contributed by atoms with E-state index < -0.39 is 26.6 Å². The summed E-state index contributed by atoms with van der Waals surface area (Å²) < 4.78 is 53.0. The summed E-state index contributed by atoms with van der Waals surface area (Å²) >= 11 is 3.14. The summed E-state index contributed by atoms with van der Waals surface area (Å²) in [5, 5.41) is 0. The fraction of sp³-hybridized carbons (Fsp3) is 0. The molecule has 0 unspecified atom stereocenters. The SMILES string of the molecule is Nc1ccc(NS(=O)(=O)c2ccc(F)cc2F)c(Br)c1. The number of nitrogen functional groups attached to an aromatic ring is 1. The minimum atomic E-state index is -4.16. The number of hydrogen-bond donors (Lipinski definition) is 2. The van der Waals surface area contributed by atoms with Crippen molar-refractivity contribution >= 4 is 37.3 Å². The molecule has 0 amide bonds. The van der Waals surface area contributed by atoms with Crippen molar-refractivity contribution in [3.63, 3.8) is 0 Å². The molecule has 0 radical (unpaired) electrons. The van der Waals surface area contributed by atoms with E-state index in [2.05, 4.69) is 20.7 Å². The molecule has 106 valence electrons. The summed E-state index contributed by atoms with van der Waals surface area (Å²) in [7, 11) is -4.16. The molecule has 0 saturated carbocycles. The number of anilines is 2. The molecule has 0 saturated heterocycles. The van der Waals surface area contributed by atoms with Crippen molar-refractivity contribution in [3.8, 4) is 0 Å². The van der Waals surface area contributed by atoms with Crippen LogP contribution in [0, 0.1) is 11.6 Å². The van der Waals surface area contributed by atoms with E-state index in [1.165, 1.54) is 18.2 Å². The standard InChI is InChI=1S/C12H9BrF2N2O2S/c13-9-6-8(16)2-3-11(9)17-20(18,19)12-4-1-7(14)5-10(12)15/h1-6,17H,16H2. The molecule has 0 atom stereocenters. The Labute approximate surface area is 122 Å². The number of nitrogens with two attached hydrogens (primary N) is 1. The predicted molar refractivity (Wildman–Crippen MR) is 75.7 cm³/mol. The zero-order valence-corrected chi connectivity index (χ0v) is 12.3. The second-order valence-electron chi connectivity index (χ2n) is 3.92. The van der Waals surface area contributed by atoms with Gasteiger partial charge in [-0.15, -0.1) is 0 Å². The molecule has 2 aromatic carbocycles. The van der Waals surface area contributed by atoms with Crippen molar-refractivity contribution in [1.82, 2.24) is 0 Å². The molecule has 3 N–H and O–H groups in total. The third kappa shape index (κ3) is 3.07.